The summed E-state index contributed by atoms with van der Waals surface area (Å²) in [6.07, 6.45) is 0. The van der Waals surface area contributed by atoms with Gasteiger partial charge in [0.1, 0.15) is 0 Å². The molecule has 2 aliphatic heterocycles. The number of anilines is 3. The first-order valence-corrected chi connectivity index (χ1v) is 23.7. The summed E-state index contributed by atoms with van der Waals surface area (Å²) in [6, 6.07) is 91.1. The zero-order chi connectivity index (χ0) is 45.7. The normalized spacial score (nSPS) is 12.3. The van der Waals surface area contributed by atoms with E-state index in [9.17, 15) is 0 Å². The lowest BCUT2D eigenvalue weighted by Gasteiger charge is -2.46. The zero-order valence-corrected chi connectivity index (χ0v) is 37.7. The smallest absolute Gasteiger partial charge is 0.252 e. The van der Waals surface area contributed by atoms with Gasteiger partial charge in [0.05, 0.1) is 34.2 Å². The molecular weight excluding hydrogens is 834 g/mol. The van der Waals surface area contributed by atoms with Gasteiger partial charge in [-0.2, -0.15) is 0 Å². The Kier molecular flexibility index (Phi) is 10.0. The minimum Gasteiger partial charge on any atom is -0.312 e. The Morgan fingerprint density at radius 1 is 0.261 bits per heavy atom. The minimum atomic E-state index is -0.270. The van der Waals surface area contributed by atoms with Crippen molar-refractivity contribution in [2.24, 2.45) is 0 Å². The number of fused-ring (bicyclic) bond motifs is 4. The van der Waals surface area contributed by atoms with Crippen LogP contribution in [0.2, 0.25) is 0 Å². The first-order chi connectivity index (χ1) is 34.3. The van der Waals surface area contributed by atoms with Crippen molar-refractivity contribution in [3.63, 3.8) is 0 Å². The molecule has 69 heavy (non-hydrogen) atoms. The third kappa shape index (κ3) is 6.91. The van der Waals surface area contributed by atoms with Gasteiger partial charge in [-0.3, -0.25) is 0 Å². The standard InChI is InChI=1S/C63H42B2N4/c1-9-25-43(26-10-1)51-41-53-55(59(66-51)45-29-13-3-14-30-45)64(49-37-21-7-22-38-49)57-61(47-33-17-5-18-34-47)68-62(48-35-19-6-20-36-48)58-63(57)69(53)54-42-52(44-27-11-2-12-28-44)67-60(46-31-15-4-16-32-46)56(54)65(58)50-39-23-8-24-40-50/h1-42H. The van der Waals surface area contributed by atoms with Crippen LogP contribution in [0.1, 0.15) is 0 Å². The summed E-state index contributed by atoms with van der Waals surface area (Å²) in [5.74, 6) is 0. The Labute approximate surface area is 403 Å². The Bertz CT molecular complexity index is 3400. The monoisotopic (exact) mass is 876 g/mol. The van der Waals surface area contributed by atoms with Crippen molar-refractivity contribution in [2.75, 3.05) is 4.90 Å². The molecule has 0 unspecified atom stereocenters. The van der Waals surface area contributed by atoms with Crippen LogP contribution < -0.4 is 37.7 Å². The number of benzene rings is 8. The second-order valence-electron chi connectivity index (χ2n) is 17.8. The predicted octanol–water partition coefficient (Wildman–Crippen LogP) is 11.0. The lowest BCUT2D eigenvalue weighted by atomic mass is 9.29. The predicted molar refractivity (Wildman–Crippen MR) is 289 cm³/mol. The molecule has 2 aliphatic rings. The van der Waals surface area contributed by atoms with E-state index in [1.165, 1.54) is 10.9 Å². The third-order valence-corrected chi connectivity index (χ3v) is 13.8. The van der Waals surface area contributed by atoms with E-state index in [1.807, 2.05) is 0 Å². The molecule has 320 valence electrons. The van der Waals surface area contributed by atoms with Crippen molar-refractivity contribution in [1.29, 1.82) is 0 Å². The molecule has 0 bridgehead atoms. The van der Waals surface area contributed by atoms with Gasteiger partial charge in [0, 0.05) is 28.2 Å². The molecule has 6 heteroatoms. The topological polar surface area (TPSA) is 41.9 Å². The first kappa shape index (κ1) is 40.4. The van der Waals surface area contributed by atoms with E-state index in [2.05, 4.69) is 260 Å². The van der Waals surface area contributed by atoms with Gasteiger partial charge < -0.3 is 4.90 Å². The van der Waals surface area contributed by atoms with Crippen molar-refractivity contribution >= 4 is 63.3 Å². The molecule has 0 radical (unpaired) electrons. The van der Waals surface area contributed by atoms with E-state index in [0.29, 0.717) is 0 Å². The average molecular weight is 877 g/mol. The summed E-state index contributed by atoms with van der Waals surface area (Å²) in [5.41, 5.74) is 22.0. The van der Waals surface area contributed by atoms with Crippen molar-refractivity contribution in [2.45, 2.75) is 0 Å². The van der Waals surface area contributed by atoms with Crippen LogP contribution in [0.3, 0.4) is 0 Å². The average Bonchev–Trinajstić information content (AvgIpc) is 3.44. The molecule has 0 N–H and O–H groups in total. The molecule has 8 aromatic carbocycles. The minimum absolute atomic E-state index is 0.270. The molecular formula is C63H42B2N4. The van der Waals surface area contributed by atoms with Crippen LogP contribution in [-0.4, -0.2) is 28.4 Å². The molecule has 4 nitrogen and oxygen atoms in total. The highest BCUT2D eigenvalue weighted by Crippen LogP contribution is 2.45. The van der Waals surface area contributed by atoms with Crippen LogP contribution in [0, 0.1) is 0 Å². The number of hydrogen-bond acceptors (Lipinski definition) is 4. The maximum atomic E-state index is 6.03. The summed E-state index contributed by atoms with van der Waals surface area (Å²) < 4.78 is 0. The van der Waals surface area contributed by atoms with E-state index in [-0.39, 0.29) is 13.4 Å². The van der Waals surface area contributed by atoms with Gasteiger partial charge in [-0.05, 0) is 56.2 Å². The fourth-order valence-electron chi connectivity index (χ4n) is 10.8. The molecule has 0 spiro atoms. The maximum absolute atomic E-state index is 6.03. The first-order valence-electron chi connectivity index (χ1n) is 23.7. The summed E-state index contributed by atoms with van der Waals surface area (Å²) in [6.45, 7) is -0.540. The quantitative estimate of drug-likeness (QED) is 0.143. The van der Waals surface area contributed by atoms with Crippen molar-refractivity contribution in [3.05, 3.63) is 255 Å². The molecule has 13 rings (SSSR count). The molecule has 0 amide bonds. The Balaban J connectivity index is 1.29. The fraction of sp³-hybridized carbons (Fsp3) is 0. The number of nitrogens with zero attached hydrogens (tertiary/aromatic N) is 4. The van der Waals surface area contributed by atoms with E-state index >= 15 is 0 Å². The SMILES string of the molecule is c1ccc(B2c3c(cc(-c4ccccc4)nc3-c3ccccc3)N3c4cc(-c5ccccc5)nc(-c5ccccc5)c4B(c4ccccc4)c4c(-c5ccccc5)nc(-c5ccccc5)c2c43)cc1. The van der Waals surface area contributed by atoms with Crippen LogP contribution >= 0.6 is 0 Å². The van der Waals surface area contributed by atoms with Crippen molar-refractivity contribution in [3.8, 4) is 67.5 Å². The highest BCUT2D eigenvalue weighted by molar-refractivity contribution is 7.03. The van der Waals surface area contributed by atoms with Gasteiger partial charge in [0.15, 0.2) is 0 Å². The zero-order valence-electron chi connectivity index (χ0n) is 37.7. The Hall–Kier alpha value is -8.86. The Morgan fingerprint density at radius 3 is 0.826 bits per heavy atom. The van der Waals surface area contributed by atoms with Crippen molar-refractivity contribution in [1.82, 2.24) is 15.0 Å². The fourth-order valence-corrected chi connectivity index (χ4v) is 10.8. The molecule has 0 atom stereocenters. The number of hydrogen-bond donors (Lipinski definition) is 0. The Morgan fingerprint density at radius 2 is 0.522 bits per heavy atom. The van der Waals surface area contributed by atoms with E-state index in [1.54, 1.807) is 0 Å². The summed E-state index contributed by atoms with van der Waals surface area (Å²) >= 11 is 0. The molecule has 0 aliphatic carbocycles. The van der Waals surface area contributed by atoms with E-state index in [4.69, 9.17) is 15.0 Å². The second-order valence-corrected chi connectivity index (χ2v) is 17.8. The van der Waals surface area contributed by atoms with Gasteiger partial charge in [-0.25, -0.2) is 15.0 Å². The summed E-state index contributed by atoms with van der Waals surface area (Å²) in [5, 5.41) is 0. The van der Waals surface area contributed by atoms with Crippen molar-refractivity contribution < 1.29 is 0 Å². The molecule has 11 aromatic rings. The van der Waals surface area contributed by atoms with E-state index in [0.717, 1.165) is 106 Å². The summed E-state index contributed by atoms with van der Waals surface area (Å²) in [7, 11) is 0. The molecule has 0 fully saturated rings. The van der Waals surface area contributed by atoms with Gasteiger partial charge in [0.2, 0.25) is 0 Å². The number of aromatic nitrogens is 3. The van der Waals surface area contributed by atoms with E-state index < -0.39 is 0 Å². The second kappa shape index (κ2) is 17.1. The maximum Gasteiger partial charge on any atom is 0.252 e. The number of rotatable bonds is 8. The van der Waals surface area contributed by atoms with Crippen LogP contribution in [0.5, 0.6) is 0 Å². The highest BCUT2D eigenvalue weighted by Gasteiger charge is 2.49. The van der Waals surface area contributed by atoms with Gasteiger partial charge >= 0.3 is 0 Å². The van der Waals surface area contributed by atoms with Gasteiger partial charge in [0.25, 0.3) is 13.4 Å². The lowest BCUT2D eigenvalue weighted by molar-refractivity contribution is 1.23. The number of pyridine rings is 3. The molecule has 0 saturated heterocycles. The molecule has 0 saturated carbocycles. The van der Waals surface area contributed by atoms with Crippen LogP contribution in [-0.2, 0) is 0 Å². The van der Waals surface area contributed by atoms with Crippen LogP contribution in [0.25, 0.3) is 67.5 Å². The third-order valence-electron chi connectivity index (χ3n) is 13.8. The highest BCUT2D eigenvalue weighted by atomic mass is 15.2. The van der Waals surface area contributed by atoms with Gasteiger partial charge in [-0.15, -0.1) is 0 Å². The van der Waals surface area contributed by atoms with Gasteiger partial charge in [-0.1, -0.05) is 254 Å². The molecule has 3 aromatic heterocycles. The molecule has 5 heterocycles. The van der Waals surface area contributed by atoms with Crippen LogP contribution in [0.15, 0.2) is 255 Å². The summed E-state index contributed by atoms with van der Waals surface area (Å²) in [4.78, 5) is 20.1. The van der Waals surface area contributed by atoms with Crippen LogP contribution in [0.4, 0.5) is 17.1 Å². The lowest BCUT2D eigenvalue weighted by Crippen LogP contribution is -2.66. The largest absolute Gasteiger partial charge is 0.312 e.